The molecule has 1 aliphatic carbocycles. The van der Waals surface area contributed by atoms with Crippen LogP contribution >= 0.6 is 11.3 Å². The number of nitrogens with zero attached hydrogens (tertiary/aromatic N) is 4. The first-order chi connectivity index (χ1) is 14.3. The summed E-state index contributed by atoms with van der Waals surface area (Å²) in [6.07, 6.45) is 7.77. The number of fused-ring (bicyclic) bond motifs is 3. The van der Waals surface area contributed by atoms with Crippen molar-refractivity contribution >= 4 is 28.8 Å². The first-order valence-corrected chi connectivity index (χ1v) is 10.5. The molecule has 0 aliphatic heterocycles. The van der Waals surface area contributed by atoms with Gasteiger partial charge in [-0.25, -0.2) is 14.7 Å². The number of aliphatic imine (C=N–C) groups is 1. The van der Waals surface area contributed by atoms with Crippen molar-refractivity contribution in [2.24, 2.45) is 4.99 Å². The molecule has 1 aliphatic rings. The molecule has 0 amide bonds. The number of allylic oxidation sites excluding steroid dienone is 1. The molecular formula is C24H20N4S. The van der Waals surface area contributed by atoms with Gasteiger partial charge in [-0.2, -0.15) is 5.10 Å². The summed E-state index contributed by atoms with van der Waals surface area (Å²) < 4.78 is 2.07. The Bertz CT molecular complexity index is 1200. The molecule has 0 radical (unpaired) electrons. The van der Waals surface area contributed by atoms with Gasteiger partial charge in [0.15, 0.2) is 0 Å². The lowest BCUT2D eigenvalue weighted by molar-refractivity contribution is 0.779. The van der Waals surface area contributed by atoms with Gasteiger partial charge >= 0.3 is 0 Å². The summed E-state index contributed by atoms with van der Waals surface area (Å²) in [6.45, 7) is 2.07. The number of rotatable bonds is 4. The highest BCUT2D eigenvalue weighted by molar-refractivity contribution is 7.15. The summed E-state index contributed by atoms with van der Waals surface area (Å²) in [5, 5.41) is 5.61. The number of hydrogen-bond acceptors (Lipinski definition) is 4. The molecule has 2 aromatic carbocycles. The minimum atomic E-state index is 0.799. The van der Waals surface area contributed by atoms with Gasteiger partial charge in [0.25, 0.3) is 0 Å². The van der Waals surface area contributed by atoms with E-state index in [1.165, 1.54) is 16.1 Å². The van der Waals surface area contributed by atoms with Crippen LogP contribution in [0, 0.1) is 6.92 Å². The molecule has 0 saturated carbocycles. The Morgan fingerprint density at radius 2 is 1.76 bits per heavy atom. The number of aryl methyl sites for hydroxylation is 2. The third-order valence-electron chi connectivity index (χ3n) is 5.03. The lowest BCUT2D eigenvalue weighted by atomic mass is 9.98. The van der Waals surface area contributed by atoms with E-state index < -0.39 is 0 Å². The van der Waals surface area contributed by atoms with Crippen molar-refractivity contribution in [3.05, 3.63) is 88.6 Å². The molecular weight excluding hydrogens is 376 g/mol. The maximum atomic E-state index is 4.84. The van der Waals surface area contributed by atoms with E-state index in [1.807, 2.05) is 54.8 Å². The zero-order chi connectivity index (χ0) is 19.6. The quantitative estimate of drug-likeness (QED) is 0.408. The molecule has 29 heavy (non-hydrogen) atoms. The molecule has 5 rings (SSSR count). The average molecular weight is 397 g/mol. The van der Waals surface area contributed by atoms with Crippen molar-refractivity contribution in [1.29, 1.82) is 0 Å². The van der Waals surface area contributed by atoms with Crippen LogP contribution in [0.2, 0.25) is 0 Å². The summed E-state index contributed by atoms with van der Waals surface area (Å²) in [5.41, 5.74) is 6.74. The topological polar surface area (TPSA) is 43.1 Å². The van der Waals surface area contributed by atoms with E-state index in [0.717, 1.165) is 40.6 Å². The van der Waals surface area contributed by atoms with E-state index in [2.05, 4.69) is 40.9 Å². The number of hydrogen-bond donors (Lipinski definition) is 0. The fourth-order valence-corrected chi connectivity index (χ4v) is 4.63. The van der Waals surface area contributed by atoms with Crippen LogP contribution in [0.1, 0.15) is 21.8 Å². The Kier molecular flexibility index (Phi) is 4.66. The van der Waals surface area contributed by atoms with E-state index in [1.54, 1.807) is 11.3 Å². The highest BCUT2D eigenvalue weighted by Gasteiger charge is 2.27. The fourth-order valence-electron chi connectivity index (χ4n) is 3.71. The number of aromatic nitrogens is 3. The lowest BCUT2D eigenvalue weighted by Crippen LogP contribution is -2.07. The van der Waals surface area contributed by atoms with Crippen molar-refractivity contribution < 1.29 is 0 Å². The zero-order valence-electron chi connectivity index (χ0n) is 16.1. The molecule has 2 heterocycles. The SMILES string of the molecule is Cc1nn(-c2ccccc2)c2c1-c1nc(/N=C/C=C/c3ccccc3)sc1CC2. The number of benzene rings is 2. The second-order valence-electron chi connectivity index (χ2n) is 6.97. The van der Waals surface area contributed by atoms with Crippen LogP contribution in [-0.4, -0.2) is 21.0 Å². The first-order valence-electron chi connectivity index (χ1n) is 9.69. The van der Waals surface area contributed by atoms with Crippen LogP contribution in [0.15, 0.2) is 71.7 Å². The largest absolute Gasteiger partial charge is 0.237 e. The molecule has 0 N–H and O–H groups in total. The predicted molar refractivity (Wildman–Crippen MR) is 120 cm³/mol. The number of para-hydroxylation sites is 1. The minimum absolute atomic E-state index is 0.799. The molecule has 0 spiro atoms. The van der Waals surface area contributed by atoms with E-state index in [9.17, 15) is 0 Å². The first kappa shape index (κ1) is 17.8. The van der Waals surface area contributed by atoms with Crippen molar-refractivity contribution in [2.45, 2.75) is 19.8 Å². The fraction of sp³-hybridized carbons (Fsp3) is 0.125. The third kappa shape index (κ3) is 3.45. The van der Waals surface area contributed by atoms with E-state index in [4.69, 9.17) is 10.1 Å². The van der Waals surface area contributed by atoms with Gasteiger partial charge in [0.05, 0.1) is 22.8 Å². The van der Waals surface area contributed by atoms with Gasteiger partial charge in [-0.15, -0.1) is 0 Å². The summed E-state index contributed by atoms with van der Waals surface area (Å²) in [7, 11) is 0. The molecule has 0 bridgehead atoms. The van der Waals surface area contributed by atoms with Crippen molar-refractivity contribution in [3.8, 4) is 16.9 Å². The Balaban J connectivity index is 1.44. The van der Waals surface area contributed by atoms with Crippen LogP contribution in [0.25, 0.3) is 23.0 Å². The van der Waals surface area contributed by atoms with E-state index >= 15 is 0 Å². The predicted octanol–water partition coefficient (Wildman–Crippen LogP) is 5.82. The van der Waals surface area contributed by atoms with Crippen LogP contribution in [0.3, 0.4) is 0 Å². The van der Waals surface area contributed by atoms with E-state index in [0.29, 0.717) is 0 Å². The van der Waals surface area contributed by atoms with Crippen LogP contribution in [0.4, 0.5) is 5.13 Å². The monoisotopic (exact) mass is 396 g/mol. The van der Waals surface area contributed by atoms with Gasteiger partial charge in [0, 0.05) is 16.7 Å². The molecule has 4 nitrogen and oxygen atoms in total. The molecule has 2 aromatic heterocycles. The van der Waals surface area contributed by atoms with Gasteiger partial charge in [0.1, 0.15) is 0 Å². The molecule has 4 aromatic rings. The van der Waals surface area contributed by atoms with E-state index in [-0.39, 0.29) is 0 Å². The molecule has 5 heteroatoms. The highest BCUT2D eigenvalue weighted by Crippen LogP contribution is 2.41. The summed E-state index contributed by atoms with van der Waals surface area (Å²) in [4.78, 5) is 10.7. The zero-order valence-corrected chi connectivity index (χ0v) is 16.9. The maximum Gasteiger partial charge on any atom is 0.209 e. The summed E-state index contributed by atoms with van der Waals surface area (Å²) in [5.74, 6) is 0. The standard InChI is InChI=1S/C24H20N4S/c1-17-22-20(28(27-17)19-12-6-3-7-13-19)14-15-21-23(22)26-24(29-21)25-16-8-11-18-9-4-2-5-10-18/h2-13,16H,14-15H2,1H3/b11-8+,25-16+. The number of thiazole rings is 1. The van der Waals surface area contributed by atoms with Gasteiger partial charge in [0.2, 0.25) is 5.13 Å². The van der Waals surface area contributed by atoms with Crippen LogP contribution < -0.4 is 0 Å². The summed E-state index contributed by atoms with van der Waals surface area (Å²) >= 11 is 1.68. The van der Waals surface area contributed by atoms with Crippen molar-refractivity contribution in [3.63, 3.8) is 0 Å². The van der Waals surface area contributed by atoms with Gasteiger partial charge in [-0.1, -0.05) is 65.9 Å². The maximum absolute atomic E-state index is 4.84. The Hall–Kier alpha value is -3.31. The molecule has 0 fully saturated rings. The molecule has 0 saturated heterocycles. The van der Waals surface area contributed by atoms with Gasteiger partial charge < -0.3 is 0 Å². The Morgan fingerprint density at radius 3 is 2.55 bits per heavy atom. The van der Waals surface area contributed by atoms with Crippen LogP contribution in [-0.2, 0) is 12.8 Å². The molecule has 0 unspecified atom stereocenters. The normalized spacial score (nSPS) is 13.1. The Morgan fingerprint density at radius 1 is 1.00 bits per heavy atom. The van der Waals surface area contributed by atoms with Crippen LogP contribution in [0.5, 0.6) is 0 Å². The second-order valence-corrected chi connectivity index (χ2v) is 8.03. The second kappa shape index (κ2) is 7.60. The Labute approximate surface area is 173 Å². The average Bonchev–Trinajstić information content (AvgIpc) is 3.33. The smallest absolute Gasteiger partial charge is 0.209 e. The lowest BCUT2D eigenvalue weighted by Gasteiger charge is -2.13. The summed E-state index contributed by atoms with van der Waals surface area (Å²) in [6, 6.07) is 20.5. The molecule has 0 atom stereocenters. The third-order valence-corrected chi connectivity index (χ3v) is 6.05. The van der Waals surface area contributed by atoms with Crippen molar-refractivity contribution in [1.82, 2.24) is 14.8 Å². The van der Waals surface area contributed by atoms with Crippen molar-refractivity contribution in [2.75, 3.05) is 0 Å². The highest BCUT2D eigenvalue weighted by atomic mass is 32.1. The minimum Gasteiger partial charge on any atom is -0.237 e. The van der Waals surface area contributed by atoms with Gasteiger partial charge in [-0.3, -0.25) is 0 Å². The van der Waals surface area contributed by atoms with Gasteiger partial charge in [-0.05, 0) is 43.5 Å². The molecule has 142 valence electrons.